The smallest absolute Gasteiger partial charge is 0.353 e. The number of hydrogen-bond donors (Lipinski definition) is 2. The minimum Gasteiger partial charge on any atom is -0.477 e. The van der Waals surface area contributed by atoms with Crippen LogP contribution in [0.4, 0.5) is 0 Å². The van der Waals surface area contributed by atoms with Crippen LogP contribution >= 0.6 is 11.8 Å². The number of carboxylic acids is 1. The summed E-state index contributed by atoms with van der Waals surface area (Å²) in [6.07, 6.45) is 1.24. The third kappa shape index (κ3) is 1.88. The molecule has 3 rings (SSSR count). The van der Waals surface area contributed by atoms with Gasteiger partial charge in [0, 0.05) is 11.5 Å². The van der Waals surface area contributed by atoms with Crippen LogP contribution in [0.25, 0.3) is 0 Å². The minimum atomic E-state index is -1.09. The van der Waals surface area contributed by atoms with Crippen LogP contribution in [0.1, 0.15) is 26.2 Å². The van der Waals surface area contributed by atoms with Crippen LogP contribution in [0.2, 0.25) is 0 Å². The third-order valence-electron chi connectivity index (χ3n) is 4.06. The van der Waals surface area contributed by atoms with E-state index in [9.17, 15) is 19.8 Å². The average molecular weight is 299 g/mol. The maximum atomic E-state index is 12.1. The fraction of sp³-hybridized carbons (Fsp3) is 0.692. The normalized spacial score (nSPS) is 34.2. The largest absolute Gasteiger partial charge is 0.477 e. The maximum Gasteiger partial charge on any atom is 0.353 e. The predicted octanol–water partition coefficient (Wildman–Crippen LogP) is 0.764. The van der Waals surface area contributed by atoms with E-state index in [2.05, 4.69) is 0 Å². The second kappa shape index (κ2) is 5.05. The molecule has 2 fully saturated rings. The molecule has 3 heterocycles. The van der Waals surface area contributed by atoms with Crippen molar-refractivity contribution < 1.29 is 24.5 Å². The van der Waals surface area contributed by atoms with Crippen LogP contribution < -0.4 is 0 Å². The number of fused-ring (bicyclic) bond motifs is 1. The van der Waals surface area contributed by atoms with Gasteiger partial charge in [0.1, 0.15) is 11.1 Å². The summed E-state index contributed by atoms with van der Waals surface area (Å²) in [5, 5.41) is 19.0. The fourth-order valence-electron chi connectivity index (χ4n) is 2.98. The summed E-state index contributed by atoms with van der Waals surface area (Å²) in [6, 6.07) is 0. The van der Waals surface area contributed by atoms with Gasteiger partial charge in [-0.15, -0.1) is 0 Å². The van der Waals surface area contributed by atoms with Gasteiger partial charge >= 0.3 is 5.97 Å². The highest BCUT2D eigenvalue weighted by molar-refractivity contribution is 8.04. The van der Waals surface area contributed by atoms with E-state index < -0.39 is 18.0 Å². The van der Waals surface area contributed by atoms with E-state index >= 15 is 0 Å². The highest BCUT2D eigenvalue weighted by atomic mass is 32.2. The van der Waals surface area contributed by atoms with E-state index in [4.69, 9.17) is 4.74 Å². The molecule has 20 heavy (non-hydrogen) atoms. The summed E-state index contributed by atoms with van der Waals surface area (Å²) in [4.78, 5) is 25.6. The van der Waals surface area contributed by atoms with Gasteiger partial charge in [0.2, 0.25) is 5.91 Å². The molecule has 0 aromatic heterocycles. The highest BCUT2D eigenvalue weighted by Gasteiger charge is 2.59. The Morgan fingerprint density at radius 2 is 2.35 bits per heavy atom. The summed E-state index contributed by atoms with van der Waals surface area (Å²) in [6.45, 7) is 2.44. The van der Waals surface area contributed by atoms with Gasteiger partial charge in [-0.1, -0.05) is 18.7 Å². The van der Waals surface area contributed by atoms with Gasteiger partial charge in [-0.25, -0.2) is 4.79 Å². The van der Waals surface area contributed by atoms with Crippen molar-refractivity contribution >= 4 is 23.6 Å². The van der Waals surface area contributed by atoms with Crippen molar-refractivity contribution in [1.82, 2.24) is 4.90 Å². The molecular weight excluding hydrogens is 282 g/mol. The Bertz CT molecular complexity index is 485. The van der Waals surface area contributed by atoms with Crippen LogP contribution in [-0.4, -0.2) is 51.2 Å². The number of thioether (sulfide) groups is 1. The number of carbonyl (C=O) groups is 2. The molecule has 110 valence electrons. The monoisotopic (exact) mass is 299 g/mol. The third-order valence-corrected chi connectivity index (χ3v) is 5.52. The first-order chi connectivity index (χ1) is 9.56. The Labute approximate surface area is 120 Å². The Balaban J connectivity index is 1.88. The molecule has 0 saturated carbocycles. The number of hydrogen-bond acceptors (Lipinski definition) is 5. The molecule has 0 bridgehead atoms. The zero-order valence-corrected chi connectivity index (χ0v) is 11.9. The van der Waals surface area contributed by atoms with Crippen LogP contribution in [-0.2, 0) is 14.3 Å². The molecule has 3 aliphatic heterocycles. The topological polar surface area (TPSA) is 87.1 Å². The quantitative estimate of drug-likeness (QED) is 0.745. The molecule has 7 heteroatoms. The van der Waals surface area contributed by atoms with E-state index in [1.54, 1.807) is 0 Å². The number of aliphatic carboxylic acids is 1. The van der Waals surface area contributed by atoms with Gasteiger partial charge < -0.3 is 14.9 Å². The lowest BCUT2D eigenvalue weighted by Crippen LogP contribution is -2.61. The van der Waals surface area contributed by atoms with Gasteiger partial charge in [-0.2, -0.15) is 0 Å². The van der Waals surface area contributed by atoms with Crippen molar-refractivity contribution in [1.29, 1.82) is 0 Å². The number of aliphatic hydroxyl groups is 1. The second-order valence-electron chi connectivity index (χ2n) is 5.24. The lowest BCUT2D eigenvalue weighted by molar-refractivity contribution is -0.157. The first kappa shape index (κ1) is 13.9. The number of ether oxygens (including phenoxy) is 1. The van der Waals surface area contributed by atoms with Crippen LogP contribution in [0.5, 0.6) is 0 Å². The Morgan fingerprint density at radius 1 is 1.60 bits per heavy atom. The molecule has 1 unspecified atom stereocenters. The molecule has 4 atom stereocenters. The Morgan fingerprint density at radius 3 is 2.90 bits per heavy atom. The summed E-state index contributed by atoms with van der Waals surface area (Å²) in [5.41, 5.74) is 0.0523. The molecule has 0 aromatic rings. The number of carboxylic acid groups (broad SMARTS) is 1. The van der Waals surface area contributed by atoms with E-state index in [1.807, 2.05) is 6.92 Å². The van der Waals surface area contributed by atoms with Crippen molar-refractivity contribution in [2.75, 3.05) is 6.61 Å². The van der Waals surface area contributed by atoms with E-state index in [0.29, 0.717) is 17.9 Å². The van der Waals surface area contributed by atoms with Crippen molar-refractivity contribution in [3.8, 4) is 0 Å². The maximum absolute atomic E-state index is 12.1. The van der Waals surface area contributed by atoms with Gasteiger partial charge in [0.05, 0.1) is 18.1 Å². The zero-order valence-electron chi connectivity index (χ0n) is 11.1. The molecule has 2 N–H and O–H groups in total. The SMILES string of the molecule is CC[C@H](O)[C@@H]1C(=O)N2C(C(=O)O)=C(C3CCCO3)S[C@H]12. The molecule has 3 aliphatic rings. The fourth-order valence-corrected chi connectivity index (χ4v) is 4.64. The first-order valence-corrected chi connectivity index (χ1v) is 7.71. The summed E-state index contributed by atoms with van der Waals surface area (Å²) >= 11 is 1.37. The molecule has 1 amide bonds. The number of carbonyl (C=O) groups excluding carboxylic acids is 1. The Hall–Kier alpha value is -1.05. The highest BCUT2D eigenvalue weighted by Crippen LogP contribution is 2.52. The molecule has 0 spiro atoms. The summed E-state index contributed by atoms with van der Waals surface area (Å²) in [7, 11) is 0. The second-order valence-corrected chi connectivity index (χ2v) is 6.40. The van der Waals surface area contributed by atoms with Crippen molar-refractivity contribution in [2.24, 2.45) is 5.92 Å². The van der Waals surface area contributed by atoms with Crippen molar-refractivity contribution in [3.63, 3.8) is 0 Å². The molecular formula is C13H17NO5S. The average Bonchev–Trinajstić information content (AvgIpc) is 3.03. The molecule has 2 saturated heterocycles. The lowest BCUT2D eigenvalue weighted by Gasteiger charge is -2.44. The molecule has 0 radical (unpaired) electrons. The van der Waals surface area contributed by atoms with Gasteiger partial charge in [-0.05, 0) is 19.3 Å². The first-order valence-electron chi connectivity index (χ1n) is 6.83. The van der Waals surface area contributed by atoms with Crippen LogP contribution in [0, 0.1) is 5.92 Å². The zero-order chi connectivity index (χ0) is 14.4. The molecule has 6 nitrogen and oxygen atoms in total. The molecule has 0 aliphatic carbocycles. The van der Waals surface area contributed by atoms with Crippen LogP contribution in [0.3, 0.4) is 0 Å². The number of nitrogens with zero attached hydrogens (tertiary/aromatic N) is 1. The lowest BCUT2D eigenvalue weighted by atomic mass is 9.90. The number of aliphatic hydroxyl groups excluding tert-OH is 1. The predicted molar refractivity (Wildman–Crippen MR) is 71.6 cm³/mol. The number of rotatable bonds is 4. The van der Waals surface area contributed by atoms with Crippen LogP contribution in [0.15, 0.2) is 10.6 Å². The number of amides is 1. The van der Waals surface area contributed by atoms with E-state index in [1.165, 1.54) is 16.7 Å². The number of β-lactam (4-membered cyclic amide) rings is 1. The standard InChI is InChI=1S/C13H17NO5S/c1-2-6(15)8-11(16)14-9(13(17)18)10(20-12(8)14)7-4-3-5-19-7/h6-8,12,15H,2-5H2,1H3,(H,17,18)/t6-,7?,8+,12+/m0/s1. The summed E-state index contributed by atoms with van der Waals surface area (Å²) in [5.74, 6) is -1.89. The Kier molecular flexibility index (Phi) is 3.51. The summed E-state index contributed by atoms with van der Waals surface area (Å²) < 4.78 is 5.56. The van der Waals surface area contributed by atoms with Gasteiger partial charge in [0.15, 0.2) is 0 Å². The van der Waals surface area contributed by atoms with Gasteiger partial charge in [-0.3, -0.25) is 9.69 Å². The van der Waals surface area contributed by atoms with E-state index in [-0.39, 0.29) is 23.1 Å². The van der Waals surface area contributed by atoms with Crippen molar-refractivity contribution in [2.45, 2.75) is 43.8 Å². The van der Waals surface area contributed by atoms with Gasteiger partial charge in [0.25, 0.3) is 0 Å². The van der Waals surface area contributed by atoms with E-state index in [0.717, 1.165) is 12.8 Å². The molecule has 0 aromatic carbocycles. The minimum absolute atomic E-state index is 0.0523. The van der Waals surface area contributed by atoms with Crippen molar-refractivity contribution in [3.05, 3.63) is 10.6 Å².